The van der Waals surface area contributed by atoms with Gasteiger partial charge in [0.15, 0.2) is 0 Å². The van der Waals surface area contributed by atoms with Crippen molar-refractivity contribution < 1.29 is 4.79 Å². The van der Waals surface area contributed by atoms with Gasteiger partial charge in [-0.1, -0.05) is 0 Å². The van der Waals surface area contributed by atoms with Crippen LogP contribution in [0.4, 0.5) is 0 Å². The van der Waals surface area contributed by atoms with Gasteiger partial charge in [0.1, 0.15) is 16.8 Å². The fourth-order valence-electron chi connectivity index (χ4n) is 1.30. The molecule has 1 fully saturated rings. The average Bonchev–Trinajstić information content (AvgIpc) is 2.34. The van der Waals surface area contributed by atoms with Gasteiger partial charge in [-0.15, -0.1) is 0 Å². The third-order valence-corrected chi connectivity index (χ3v) is 3.52. The topological polar surface area (TPSA) is 17.1 Å². The van der Waals surface area contributed by atoms with Crippen molar-refractivity contribution in [3.8, 4) is 0 Å². The zero-order valence-electron chi connectivity index (χ0n) is 6.47. The molecule has 1 atom stereocenters. The van der Waals surface area contributed by atoms with Gasteiger partial charge in [-0.25, -0.2) is 0 Å². The standard InChI is InChI=1S/C8H14OS/c1-7(9)4-5-8-3-2-6-10-8/h8H,2-6H2,1H3/p+1. The maximum absolute atomic E-state index is 10.6. The first kappa shape index (κ1) is 8.12. The molecule has 1 saturated heterocycles. The highest BCUT2D eigenvalue weighted by Gasteiger charge is 2.22. The van der Waals surface area contributed by atoms with Crippen molar-refractivity contribution in [1.82, 2.24) is 0 Å². The predicted molar refractivity (Wildman–Crippen MR) is 46.6 cm³/mol. The van der Waals surface area contributed by atoms with E-state index in [-0.39, 0.29) is 0 Å². The molecule has 0 aromatic carbocycles. The van der Waals surface area contributed by atoms with E-state index < -0.39 is 0 Å². The zero-order chi connectivity index (χ0) is 7.40. The maximum Gasteiger partial charge on any atom is 0.130 e. The van der Waals surface area contributed by atoms with Crippen molar-refractivity contribution >= 4 is 17.5 Å². The summed E-state index contributed by atoms with van der Waals surface area (Å²) in [5, 5.41) is 0.851. The number of carbonyl (C=O) groups excluding carboxylic acids is 1. The molecule has 0 radical (unpaired) electrons. The summed E-state index contributed by atoms with van der Waals surface area (Å²) >= 11 is 1.59. The minimum Gasteiger partial charge on any atom is -0.300 e. The Hall–Kier alpha value is 0.0200. The van der Waals surface area contributed by atoms with Gasteiger partial charge in [0.25, 0.3) is 0 Å². The van der Waals surface area contributed by atoms with Crippen LogP contribution >= 0.6 is 0 Å². The van der Waals surface area contributed by atoms with E-state index >= 15 is 0 Å². The third-order valence-electron chi connectivity index (χ3n) is 1.91. The minimum absolute atomic E-state index is 0.349. The van der Waals surface area contributed by atoms with Crippen LogP contribution in [0.3, 0.4) is 0 Å². The Bertz CT molecular complexity index is 116. The van der Waals surface area contributed by atoms with Gasteiger partial charge in [-0.3, -0.25) is 0 Å². The van der Waals surface area contributed by atoms with Gasteiger partial charge in [-0.2, -0.15) is 0 Å². The summed E-state index contributed by atoms with van der Waals surface area (Å²) in [5.41, 5.74) is 0. The van der Waals surface area contributed by atoms with Crippen LogP contribution in [-0.4, -0.2) is 16.8 Å². The number of thiol groups is 1. The highest BCUT2D eigenvalue weighted by atomic mass is 32.2. The number of hydrogen-bond acceptors (Lipinski definition) is 1. The lowest BCUT2D eigenvalue weighted by atomic mass is 10.1. The first-order valence-corrected chi connectivity index (χ1v) is 5.10. The highest BCUT2D eigenvalue weighted by Crippen LogP contribution is 2.17. The van der Waals surface area contributed by atoms with Gasteiger partial charge in [0, 0.05) is 12.8 Å². The van der Waals surface area contributed by atoms with E-state index in [4.69, 9.17) is 0 Å². The molecule has 1 rings (SSSR count). The molecule has 0 aliphatic carbocycles. The quantitative estimate of drug-likeness (QED) is 0.448. The van der Waals surface area contributed by atoms with Crippen molar-refractivity contribution in [3.05, 3.63) is 0 Å². The van der Waals surface area contributed by atoms with Crippen molar-refractivity contribution in [2.75, 3.05) is 5.75 Å². The van der Waals surface area contributed by atoms with Gasteiger partial charge in [0.05, 0.1) is 0 Å². The Morgan fingerprint density at radius 3 is 3.00 bits per heavy atom. The molecule has 1 nitrogen and oxygen atoms in total. The average molecular weight is 159 g/mol. The van der Waals surface area contributed by atoms with Crippen LogP contribution in [0.15, 0.2) is 0 Å². The van der Waals surface area contributed by atoms with Crippen LogP contribution in [0, 0.1) is 0 Å². The van der Waals surface area contributed by atoms with Gasteiger partial charge in [0.2, 0.25) is 0 Å². The Kier molecular flexibility index (Phi) is 3.26. The van der Waals surface area contributed by atoms with Crippen LogP contribution < -0.4 is 0 Å². The van der Waals surface area contributed by atoms with Crippen LogP contribution in [0.25, 0.3) is 0 Å². The SMILES string of the molecule is CC(=O)CCC1CCC[SH+]1. The van der Waals surface area contributed by atoms with Crippen LogP contribution in [0.2, 0.25) is 0 Å². The molecule has 1 aliphatic heterocycles. The van der Waals surface area contributed by atoms with Gasteiger partial charge in [-0.05, 0) is 31.5 Å². The van der Waals surface area contributed by atoms with Crippen LogP contribution in [-0.2, 0) is 16.6 Å². The fraction of sp³-hybridized carbons (Fsp3) is 0.875. The van der Waals surface area contributed by atoms with Crippen LogP contribution in [0.1, 0.15) is 32.6 Å². The molecule has 1 heterocycles. The van der Waals surface area contributed by atoms with Gasteiger partial charge < -0.3 is 4.79 Å². The lowest BCUT2D eigenvalue weighted by Gasteiger charge is -1.97. The summed E-state index contributed by atoms with van der Waals surface area (Å²) in [4.78, 5) is 10.6. The number of hydrogen-bond donors (Lipinski definition) is 0. The summed E-state index contributed by atoms with van der Waals surface area (Å²) < 4.78 is 0. The molecule has 2 heteroatoms. The molecule has 0 amide bonds. The molecule has 0 spiro atoms. The summed E-state index contributed by atoms with van der Waals surface area (Å²) in [6.07, 6.45) is 4.67. The number of ketones is 1. The zero-order valence-corrected chi connectivity index (χ0v) is 7.36. The summed E-state index contributed by atoms with van der Waals surface area (Å²) in [5.74, 6) is 1.71. The number of Topliss-reactive ketones (excluding diaryl/α,β-unsaturated/α-hetero) is 1. The fourth-order valence-corrected chi connectivity index (χ4v) is 2.70. The first-order valence-electron chi connectivity index (χ1n) is 3.95. The monoisotopic (exact) mass is 159 g/mol. The third kappa shape index (κ3) is 2.74. The van der Waals surface area contributed by atoms with E-state index in [1.807, 2.05) is 0 Å². The first-order chi connectivity index (χ1) is 4.79. The largest absolute Gasteiger partial charge is 0.300 e. The predicted octanol–water partition coefficient (Wildman–Crippen LogP) is 1.33. The molecule has 0 N–H and O–H groups in total. The second-order valence-electron chi connectivity index (χ2n) is 2.94. The highest BCUT2D eigenvalue weighted by molar-refractivity contribution is 7.79. The van der Waals surface area contributed by atoms with E-state index in [0.29, 0.717) is 5.78 Å². The number of carbonyl (C=O) groups is 1. The molecule has 1 unspecified atom stereocenters. The molecule has 10 heavy (non-hydrogen) atoms. The Labute approximate surface area is 66.6 Å². The lowest BCUT2D eigenvalue weighted by molar-refractivity contribution is -0.117. The summed E-state index contributed by atoms with van der Waals surface area (Å²) in [7, 11) is 0. The molecular formula is C8H15OS+. The molecule has 0 saturated carbocycles. The van der Waals surface area contributed by atoms with E-state index in [9.17, 15) is 4.79 Å². The maximum atomic E-state index is 10.6. The van der Waals surface area contributed by atoms with Crippen molar-refractivity contribution in [2.24, 2.45) is 0 Å². The molecular weight excluding hydrogens is 144 g/mol. The van der Waals surface area contributed by atoms with Crippen LogP contribution in [0.5, 0.6) is 0 Å². The lowest BCUT2D eigenvalue weighted by Crippen LogP contribution is -2.05. The van der Waals surface area contributed by atoms with Gasteiger partial charge >= 0.3 is 0 Å². The van der Waals surface area contributed by atoms with E-state index in [2.05, 4.69) is 0 Å². The smallest absolute Gasteiger partial charge is 0.130 e. The minimum atomic E-state index is 0.349. The Morgan fingerprint density at radius 1 is 1.70 bits per heavy atom. The molecule has 0 aromatic heterocycles. The van der Waals surface area contributed by atoms with Crippen molar-refractivity contribution in [2.45, 2.75) is 37.9 Å². The summed E-state index contributed by atoms with van der Waals surface area (Å²) in [6, 6.07) is 0. The van der Waals surface area contributed by atoms with E-state index in [1.165, 1.54) is 18.6 Å². The van der Waals surface area contributed by atoms with E-state index in [1.54, 1.807) is 18.7 Å². The molecule has 58 valence electrons. The van der Waals surface area contributed by atoms with Crippen molar-refractivity contribution in [1.29, 1.82) is 0 Å². The van der Waals surface area contributed by atoms with Crippen molar-refractivity contribution in [3.63, 3.8) is 0 Å². The Balaban J connectivity index is 2.07. The molecule has 0 bridgehead atoms. The molecule has 0 aromatic rings. The number of rotatable bonds is 3. The van der Waals surface area contributed by atoms with E-state index in [0.717, 1.165) is 18.1 Å². The Morgan fingerprint density at radius 2 is 2.50 bits per heavy atom. The summed E-state index contributed by atoms with van der Waals surface area (Å²) in [6.45, 7) is 1.69. The molecule has 1 aliphatic rings. The second kappa shape index (κ2) is 4.02. The normalized spacial score (nSPS) is 25.1. The second-order valence-corrected chi connectivity index (χ2v) is 4.49.